The van der Waals surface area contributed by atoms with E-state index in [0.29, 0.717) is 6.61 Å². The second-order valence-corrected chi connectivity index (χ2v) is 3.32. The largest absolute Gasteiger partial charge is 0.458 e. The summed E-state index contributed by atoms with van der Waals surface area (Å²) in [7, 11) is 0. The number of rotatable bonds is 5. The van der Waals surface area contributed by atoms with Gasteiger partial charge in [0.1, 0.15) is 5.75 Å². The van der Waals surface area contributed by atoms with Gasteiger partial charge in [0, 0.05) is 0 Å². The number of ether oxygens (including phenoxy) is 2. The predicted molar refractivity (Wildman–Crippen MR) is 62.6 cm³/mol. The Morgan fingerprint density at radius 1 is 0.812 bits per heavy atom. The maximum Gasteiger partial charge on any atom is 0.263 e. The van der Waals surface area contributed by atoms with Gasteiger partial charge < -0.3 is 9.47 Å². The Morgan fingerprint density at radius 2 is 1.44 bits per heavy atom. The third kappa shape index (κ3) is 3.41. The molecule has 0 aliphatic rings. The van der Waals surface area contributed by atoms with Gasteiger partial charge in [-0.3, -0.25) is 0 Å². The van der Waals surface area contributed by atoms with Crippen molar-refractivity contribution >= 4 is 0 Å². The Bertz CT molecular complexity index is 356. The van der Waals surface area contributed by atoms with Crippen LogP contribution in [0, 0.1) is 6.79 Å². The zero-order chi connectivity index (χ0) is 11.1. The molecule has 2 heteroatoms. The summed E-state index contributed by atoms with van der Waals surface area (Å²) in [5.41, 5.74) is 1.12. The van der Waals surface area contributed by atoms with Crippen LogP contribution in [0.25, 0.3) is 0 Å². The first kappa shape index (κ1) is 10.7. The molecular weight excluding hydrogens is 200 g/mol. The molecule has 0 fully saturated rings. The van der Waals surface area contributed by atoms with Gasteiger partial charge in [0.25, 0.3) is 6.79 Å². The number of hydrogen-bond donors (Lipinski definition) is 0. The molecule has 1 radical (unpaired) electrons. The number of benzene rings is 2. The molecule has 0 saturated heterocycles. The molecule has 0 unspecified atom stereocenters. The zero-order valence-electron chi connectivity index (χ0n) is 8.87. The zero-order valence-corrected chi connectivity index (χ0v) is 8.87. The SMILES string of the molecule is [CH](OCc1ccccc1)Oc1ccccc1. The topological polar surface area (TPSA) is 18.5 Å². The summed E-state index contributed by atoms with van der Waals surface area (Å²) < 4.78 is 10.6. The summed E-state index contributed by atoms with van der Waals surface area (Å²) >= 11 is 0. The second-order valence-electron chi connectivity index (χ2n) is 3.32. The van der Waals surface area contributed by atoms with Gasteiger partial charge in [0.05, 0.1) is 6.61 Å². The minimum atomic E-state index is 0.522. The van der Waals surface area contributed by atoms with Crippen LogP contribution in [0.1, 0.15) is 5.56 Å². The normalized spacial score (nSPS) is 10.0. The molecule has 0 aliphatic carbocycles. The second kappa shape index (κ2) is 5.93. The van der Waals surface area contributed by atoms with Crippen LogP contribution >= 0.6 is 0 Å². The number of para-hydroxylation sites is 1. The van der Waals surface area contributed by atoms with E-state index in [0.717, 1.165) is 11.3 Å². The quantitative estimate of drug-likeness (QED) is 0.709. The molecule has 0 atom stereocenters. The Balaban J connectivity index is 1.70. The summed E-state index contributed by atoms with van der Waals surface area (Å²) in [6.07, 6.45) is 0. The lowest BCUT2D eigenvalue weighted by Gasteiger charge is -2.05. The lowest BCUT2D eigenvalue weighted by Crippen LogP contribution is -1.96. The van der Waals surface area contributed by atoms with Gasteiger partial charge in [0.15, 0.2) is 0 Å². The summed E-state index contributed by atoms with van der Waals surface area (Å²) in [6, 6.07) is 19.5. The van der Waals surface area contributed by atoms with Crippen LogP contribution in [0.4, 0.5) is 0 Å². The highest BCUT2D eigenvalue weighted by atomic mass is 16.7. The van der Waals surface area contributed by atoms with Gasteiger partial charge in [-0.1, -0.05) is 48.5 Å². The smallest absolute Gasteiger partial charge is 0.263 e. The van der Waals surface area contributed by atoms with Crippen molar-refractivity contribution in [1.29, 1.82) is 0 Å². The van der Waals surface area contributed by atoms with Crippen molar-refractivity contribution in [2.24, 2.45) is 0 Å². The van der Waals surface area contributed by atoms with E-state index in [1.807, 2.05) is 60.7 Å². The van der Waals surface area contributed by atoms with Gasteiger partial charge in [-0.15, -0.1) is 0 Å². The van der Waals surface area contributed by atoms with Crippen LogP contribution in [0.3, 0.4) is 0 Å². The first-order valence-corrected chi connectivity index (χ1v) is 5.14. The van der Waals surface area contributed by atoms with Gasteiger partial charge in [0.2, 0.25) is 0 Å². The lowest BCUT2D eigenvalue weighted by molar-refractivity contribution is 0.0812. The van der Waals surface area contributed by atoms with E-state index in [1.165, 1.54) is 6.79 Å². The molecule has 0 amide bonds. The van der Waals surface area contributed by atoms with E-state index in [9.17, 15) is 0 Å². The molecule has 2 rings (SSSR count). The molecule has 16 heavy (non-hydrogen) atoms. The predicted octanol–water partition coefficient (Wildman–Crippen LogP) is 3.40. The van der Waals surface area contributed by atoms with Crippen LogP contribution in [-0.2, 0) is 11.3 Å². The fraction of sp³-hybridized carbons (Fsp3) is 0.0714. The molecule has 2 nitrogen and oxygen atoms in total. The fourth-order valence-electron chi connectivity index (χ4n) is 1.29. The van der Waals surface area contributed by atoms with Gasteiger partial charge in [-0.05, 0) is 17.7 Å². The van der Waals surface area contributed by atoms with Crippen molar-refractivity contribution in [3.63, 3.8) is 0 Å². The molecule has 0 saturated carbocycles. The van der Waals surface area contributed by atoms with Crippen molar-refractivity contribution in [1.82, 2.24) is 0 Å². The van der Waals surface area contributed by atoms with Gasteiger partial charge in [-0.25, -0.2) is 0 Å². The first-order valence-electron chi connectivity index (χ1n) is 5.14. The van der Waals surface area contributed by atoms with E-state index >= 15 is 0 Å². The van der Waals surface area contributed by atoms with E-state index in [2.05, 4.69) is 0 Å². The maximum atomic E-state index is 5.28. The Labute approximate surface area is 95.4 Å². The Hall–Kier alpha value is -1.80. The van der Waals surface area contributed by atoms with Crippen LogP contribution in [0.2, 0.25) is 0 Å². The summed E-state index contributed by atoms with van der Waals surface area (Å²) in [6.45, 7) is 1.88. The molecule has 0 heterocycles. The highest BCUT2D eigenvalue weighted by Gasteiger charge is 1.94. The monoisotopic (exact) mass is 213 g/mol. The van der Waals surface area contributed by atoms with E-state index in [4.69, 9.17) is 9.47 Å². The number of hydrogen-bond acceptors (Lipinski definition) is 2. The molecule has 0 aliphatic heterocycles. The van der Waals surface area contributed by atoms with Crippen LogP contribution < -0.4 is 4.74 Å². The minimum Gasteiger partial charge on any atom is -0.458 e. The molecule has 0 N–H and O–H groups in total. The minimum absolute atomic E-state index is 0.522. The average molecular weight is 213 g/mol. The molecule has 0 aromatic heterocycles. The third-order valence-electron chi connectivity index (χ3n) is 2.09. The molecule has 2 aromatic rings. The Morgan fingerprint density at radius 3 is 2.12 bits per heavy atom. The van der Waals surface area contributed by atoms with Crippen molar-refractivity contribution in [2.75, 3.05) is 0 Å². The molecule has 2 aromatic carbocycles. The summed E-state index contributed by atoms with van der Waals surface area (Å²) in [4.78, 5) is 0. The molecule has 81 valence electrons. The standard InChI is InChI=1S/C14H13O2/c1-3-7-13(8-4-1)11-15-12-16-14-9-5-2-6-10-14/h1-10,12H,11H2. The first-order chi connectivity index (χ1) is 7.95. The summed E-state index contributed by atoms with van der Waals surface area (Å²) in [5, 5.41) is 0. The van der Waals surface area contributed by atoms with Crippen LogP contribution in [-0.4, -0.2) is 0 Å². The van der Waals surface area contributed by atoms with Crippen molar-refractivity contribution in [3.05, 3.63) is 73.0 Å². The van der Waals surface area contributed by atoms with Crippen LogP contribution in [0.5, 0.6) is 5.75 Å². The van der Waals surface area contributed by atoms with Crippen molar-refractivity contribution < 1.29 is 9.47 Å². The fourth-order valence-corrected chi connectivity index (χ4v) is 1.29. The van der Waals surface area contributed by atoms with Gasteiger partial charge >= 0.3 is 0 Å². The van der Waals surface area contributed by atoms with Crippen LogP contribution in [0.15, 0.2) is 60.7 Å². The molecular formula is C14H13O2. The average Bonchev–Trinajstić information content (AvgIpc) is 2.37. The van der Waals surface area contributed by atoms with E-state index in [1.54, 1.807) is 0 Å². The molecule has 0 spiro atoms. The Kier molecular flexibility index (Phi) is 3.97. The molecule has 0 bridgehead atoms. The lowest BCUT2D eigenvalue weighted by atomic mass is 10.2. The van der Waals surface area contributed by atoms with Crippen molar-refractivity contribution in [2.45, 2.75) is 6.61 Å². The van der Waals surface area contributed by atoms with E-state index in [-0.39, 0.29) is 0 Å². The highest BCUT2D eigenvalue weighted by Crippen LogP contribution is 2.10. The van der Waals surface area contributed by atoms with Crippen molar-refractivity contribution in [3.8, 4) is 5.75 Å². The van der Waals surface area contributed by atoms with E-state index < -0.39 is 0 Å². The van der Waals surface area contributed by atoms with Gasteiger partial charge in [-0.2, -0.15) is 0 Å². The maximum absolute atomic E-state index is 5.28. The third-order valence-corrected chi connectivity index (χ3v) is 2.09. The highest BCUT2D eigenvalue weighted by molar-refractivity contribution is 5.21. The summed E-state index contributed by atoms with van der Waals surface area (Å²) in [5.74, 6) is 0.774.